The normalized spacial score (nSPS) is 13.2. The molecule has 0 aliphatic heterocycles. The van der Waals surface area contributed by atoms with Crippen LogP contribution in [0.4, 0.5) is 13.2 Å². The molecule has 0 heterocycles. The highest BCUT2D eigenvalue weighted by molar-refractivity contribution is 7.80. The summed E-state index contributed by atoms with van der Waals surface area (Å²) in [4.78, 5) is 0.513. The molecule has 2 aromatic rings. The number of halogens is 3. The van der Waals surface area contributed by atoms with Crippen LogP contribution in [0.2, 0.25) is 0 Å². The first-order valence-corrected chi connectivity index (χ1v) is 6.80. The molecule has 0 aliphatic carbocycles. The minimum Gasteiger partial charge on any atom is -0.282 e. The highest BCUT2D eigenvalue weighted by Gasteiger charge is 2.29. The maximum Gasteiger partial charge on any atom is 0.416 e. The molecule has 0 N–H and O–H groups in total. The van der Waals surface area contributed by atoms with E-state index in [4.69, 9.17) is 4.18 Å². The third kappa shape index (κ3) is 3.91. The molecule has 0 fully saturated rings. The van der Waals surface area contributed by atoms with E-state index in [0.717, 1.165) is 12.1 Å². The Bertz CT molecular complexity index is 580. The van der Waals surface area contributed by atoms with Crippen molar-refractivity contribution in [2.45, 2.75) is 17.7 Å². The summed E-state index contributed by atoms with van der Waals surface area (Å²) in [5, 5.41) is 0. The Kier molecular flexibility index (Phi) is 4.57. The smallest absolute Gasteiger partial charge is 0.282 e. The van der Waals surface area contributed by atoms with Crippen molar-refractivity contribution in [3.05, 3.63) is 65.7 Å². The average molecular weight is 300 g/mol. The van der Waals surface area contributed by atoms with Gasteiger partial charge in [-0.05, 0) is 29.8 Å². The van der Waals surface area contributed by atoms with E-state index in [1.54, 1.807) is 30.3 Å². The molecular formula is C14H11F3O2S. The van der Waals surface area contributed by atoms with Gasteiger partial charge in [0.15, 0.2) is 11.1 Å². The molecular weight excluding hydrogens is 289 g/mol. The van der Waals surface area contributed by atoms with Gasteiger partial charge in [0, 0.05) is 0 Å². The van der Waals surface area contributed by atoms with E-state index in [9.17, 15) is 17.4 Å². The maximum atomic E-state index is 12.4. The standard InChI is InChI=1S/C14H11F3O2S/c15-14(16,17)12-8-6-11(7-9-12)10-19-20(18)13-4-2-1-3-5-13/h1-9H,10H2. The van der Waals surface area contributed by atoms with Crippen LogP contribution in [0, 0.1) is 0 Å². The number of benzene rings is 2. The lowest BCUT2D eigenvalue weighted by molar-refractivity contribution is -0.137. The number of hydrogen-bond acceptors (Lipinski definition) is 2. The first-order valence-electron chi connectivity index (χ1n) is 5.73. The zero-order valence-corrected chi connectivity index (χ0v) is 11.1. The highest BCUT2D eigenvalue weighted by atomic mass is 32.2. The largest absolute Gasteiger partial charge is 0.416 e. The lowest BCUT2D eigenvalue weighted by Gasteiger charge is -2.08. The van der Waals surface area contributed by atoms with E-state index < -0.39 is 22.8 Å². The zero-order valence-electron chi connectivity index (χ0n) is 10.3. The molecule has 2 nitrogen and oxygen atoms in total. The number of hydrogen-bond donors (Lipinski definition) is 0. The second kappa shape index (κ2) is 6.19. The highest BCUT2D eigenvalue weighted by Crippen LogP contribution is 2.29. The first kappa shape index (κ1) is 14.7. The minimum atomic E-state index is -4.35. The molecule has 1 unspecified atom stereocenters. The van der Waals surface area contributed by atoms with E-state index in [1.165, 1.54) is 12.1 Å². The van der Waals surface area contributed by atoms with E-state index in [2.05, 4.69) is 0 Å². The molecule has 1 atom stereocenters. The predicted molar refractivity (Wildman–Crippen MR) is 69.1 cm³/mol. The van der Waals surface area contributed by atoms with Crippen molar-refractivity contribution >= 4 is 11.1 Å². The fraction of sp³-hybridized carbons (Fsp3) is 0.143. The summed E-state index contributed by atoms with van der Waals surface area (Å²) in [6, 6.07) is 13.1. The quantitative estimate of drug-likeness (QED) is 0.854. The fourth-order valence-electron chi connectivity index (χ4n) is 1.51. The Labute approximate surface area is 116 Å². The Balaban J connectivity index is 1.96. The summed E-state index contributed by atoms with van der Waals surface area (Å²) >= 11 is -1.63. The molecule has 2 rings (SSSR count). The van der Waals surface area contributed by atoms with Crippen LogP contribution in [0.3, 0.4) is 0 Å². The predicted octanol–water partition coefficient (Wildman–Crippen LogP) is 3.94. The third-order valence-corrected chi connectivity index (χ3v) is 3.54. The van der Waals surface area contributed by atoms with Gasteiger partial charge in [0.25, 0.3) is 0 Å². The Morgan fingerprint density at radius 3 is 2.10 bits per heavy atom. The molecule has 0 aliphatic rings. The summed E-state index contributed by atoms with van der Waals surface area (Å²) in [5.74, 6) is 0. The van der Waals surface area contributed by atoms with Crippen LogP contribution in [0.15, 0.2) is 59.5 Å². The van der Waals surface area contributed by atoms with E-state index in [0.29, 0.717) is 10.5 Å². The van der Waals surface area contributed by atoms with Crippen LogP contribution in [0.25, 0.3) is 0 Å². The zero-order chi connectivity index (χ0) is 14.6. The summed E-state index contributed by atoms with van der Waals surface area (Å²) in [6.45, 7) is -0.0142. The minimum absolute atomic E-state index is 0.0142. The summed E-state index contributed by atoms with van der Waals surface area (Å²) < 4.78 is 54.0. The monoisotopic (exact) mass is 300 g/mol. The van der Waals surface area contributed by atoms with E-state index >= 15 is 0 Å². The van der Waals surface area contributed by atoms with E-state index in [-0.39, 0.29) is 6.61 Å². The van der Waals surface area contributed by atoms with Gasteiger partial charge in [-0.1, -0.05) is 30.3 Å². The lowest BCUT2D eigenvalue weighted by atomic mass is 10.1. The van der Waals surface area contributed by atoms with Crippen molar-refractivity contribution in [1.29, 1.82) is 0 Å². The van der Waals surface area contributed by atoms with Crippen LogP contribution < -0.4 is 0 Å². The van der Waals surface area contributed by atoms with Crippen LogP contribution in [0.5, 0.6) is 0 Å². The van der Waals surface area contributed by atoms with Crippen LogP contribution in [-0.2, 0) is 28.0 Å². The van der Waals surface area contributed by atoms with Crippen molar-refractivity contribution in [3.63, 3.8) is 0 Å². The number of rotatable bonds is 4. The van der Waals surface area contributed by atoms with Crippen molar-refractivity contribution in [2.24, 2.45) is 0 Å². The second-order valence-electron chi connectivity index (χ2n) is 4.00. The lowest BCUT2D eigenvalue weighted by Crippen LogP contribution is -2.05. The Morgan fingerprint density at radius 1 is 0.950 bits per heavy atom. The van der Waals surface area contributed by atoms with Gasteiger partial charge < -0.3 is 0 Å². The van der Waals surface area contributed by atoms with Crippen molar-refractivity contribution in [2.75, 3.05) is 0 Å². The average Bonchev–Trinajstić information content (AvgIpc) is 2.45. The Morgan fingerprint density at radius 2 is 1.55 bits per heavy atom. The molecule has 2 aromatic carbocycles. The van der Waals surface area contributed by atoms with Gasteiger partial charge in [-0.2, -0.15) is 13.2 Å². The Hall–Kier alpha value is -1.66. The second-order valence-corrected chi connectivity index (χ2v) is 5.18. The molecule has 106 valence electrons. The van der Waals surface area contributed by atoms with Gasteiger partial charge in [0.2, 0.25) is 0 Å². The molecule has 0 aromatic heterocycles. The van der Waals surface area contributed by atoms with Gasteiger partial charge in [0.05, 0.1) is 17.1 Å². The SMILES string of the molecule is O=S(OCc1ccc(C(F)(F)F)cc1)c1ccccc1. The molecule has 0 radical (unpaired) electrons. The van der Waals surface area contributed by atoms with Gasteiger partial charge >= 0.3 is 6.18 Å². The van der Waals surface area contributed by atoms with Gasteiger partial charge in [0.1, 0.15) is 0 Å². The van der Waals surface area contributed by atoms with Crippen LogP contribution >= 0.6 is 0 Å². The van der Waals surface area contributed by atoms with Crippen molar-refractivity contribution in [1.82, 2.24) is 0 Å². The topological polar surface area (TPSA) is 26.3 Å². The number of alkyl halides is 3. The van der Waals surface area contributed by atoms with Crippen molar-refractivity contribution < 1.29 is 21.6 Å². The summed E-state index contributed by atoms with van der Waals surface area (Å²) in [5.41, 5.74) is -0.187. The molecule has 0 spiro atoms. The van der Waals surface area contributed by atoms with E-state index in [1.807, 2.05) is 0 Å². The van der Waals surface area contributed by atoms with Gasteiger partial charge in [-0.25, -0.2) is 4.21 Å². The van der Waals surface area contributed by atoms with Crippen LogP contribution in [-0.4, -0.2) is 4.21 Å². The molecule has 0 saturated heterocycles. The molecule has 0 bridgehead atoms. The maximum absolute atomic E-state index is 12.4. The third-order valence-electron chi connectivity index (χ3n) is 2.55. The molecule has 0 amide bonds. The van der Waals surface area contributed by atoms with Gasteiger partial charge in [-0.3, -0.25) is 4.18 Å². The first-order chi connectivity index (χ1) is 9.47. The molecule has 0 saturated carbocycles. The van der Waals surface area contributed by atoms with Gasteiger partial charge in [-0.15, -0.1) is 0 Å². The summed E-state index contributed by atoms with van der Waals surface area (Å²) in [7, 11) is 0. The van der Waals surface area contributed by atoms with Crippen LogP contribution in [0.1, 0.15) is 11.1 Å². The summed E-state index contributed by atoms with van der Waals surface area (Å²) in [6.07, 6.45) is -4.35. The fourth-order valence-corrected chi connectivity index (χ4v) is 2.27. The molecule has 20 heavy (non-hydrogen) atoms. The molecule has 6 heteroatoms. The van der Waals surface area contributed by atoms with Crippen molar-refractivity contribution in [3.8, 4) is 0 Å².